The fraction of sp³-hybridized carbons (Fsp3) is 0.250. The third-order valence-corrected chi connectivity index (χ3v) is 4.59. The lowest BCUT2D eigenvalue weighted by Crippen LogP contribution is -2.49. The van der Waals surface area contributed by atoms with Gasteiger partial charge < -0.3 is 9.80 Å². The number of nitriles is 1. The molecule has 0 spiro atoms. The number of carbonyl (C=O) groups is 2. The van der Waals surface area contributed by atoms with E-state index in [1.54, 1.807) is 18.2 Å². The first-order valence-electron chi connectivity index (χ1n) is 8.45. The standard InChI is InChI=1S/C20H17F2N3O2/c1-13(26)15-6-5-14(12-23)11-18(15)24-7-9-25(10-8-24)20(27)19-16(21)3-2-4-17(19)22/h2-6,11H,7-10H2,1H3. The van der Waals surface area contributed by atoms with Crippen molar-refractivity contribution >= 4 is 17.4 Å². The van der Waals surface area contributed by atoms with Crippen LogP contribution in [0.4, 0.5) is 14.5 Å². The molecule has 0 radical (unpaired) electrons. The summed E-state index contributed by atoms with van der Waals surface area (Å²) in [5, 5.41) is 9.11. The molecule has 5 nitrogen and oxygen atoms in total. The van der Waals surface area contributed by atoms with Crippen LogP contribution < -0.4 is 4.90 Å². The van der Waals surface area contributed by atoms with Crippen LogP contribution in [0.25, 0.3) is 0 Å². The van der Waals surface area contributed by atoms with Crippen molar-refractivity contribution in [3.8, 4) is 6.07 Å². The molecule has 1 fully saturated rings. The topological polar surface area (TPSA) is 64.4 Å². The van der Waals surface area contributed by atoms with Crippen LogP contribution in [0, 0.1) is 23.0 Å². The van der Waals surface area contributed by atoms with Crippen molar-refractivity contribution < 1.29 is 18.4 Å². The Kier molecular flexibility index (Phi) is 5.17. The number of amides is 1. The highest BCUT2D eigenvalue weighted by Gasteiger charge is 2.27. The summed E-state index contributed by atoms with van der Waals surface area (Å²) in [4.78, 5) is 27.7. The molecule has 0 bridgehead atoms. The zero-order valence-electron chi connectivity index (χ0n) is 14.7. The molecule has 0 N–H and O–H groups in total. The van der Waals surface area contributed by atoms with Gasteiger partial charge in [-0.15, -0.1) is 0 Å². The van der Waals surface area contributed by atoms with Crippen molar-refractivity contribution in [2.24, 2.45) is 0 Å². The second kappa shape index (κ2) is 7.54. The lowest BCUT2D eigenvalue weighted by Gasteiger charge is -2.37. The molecular weight excluding hydrogens is 352 g/mol. The molecule has 1 saturated heterocycles. The smallest absolute Gasteiger partial charge is 0.259 e. The van der Waals surface area contributed by atoms with Crippen LogP contribution in [0.1, 0.15) is 33.2 Å². The van der Waals surface area contributed by atoms with E-state index in [4.69, 9.17) is 5.26 Å². The maximum atomic E-state index is 13.9. The molecule has 0 aromatic heterocycles. The van der Waals surface area contributed by atoms with Crippen molar-refractivity contribution in [3.63, 3.8) is 0 Å². The van der Waals surface area contributed by atoms with Crippen molar-refractivity contribution in [1.82, 2.24) is 4.90 Å². The van der Waals surface area contributed by atoms with Crippen molar-refractivity contribution in [3.05, 3.63) is 64.7 Å². The normalized spacial score (nSPS) is 14.0. The molecule has 27 heavy (non-hydrogen) atoms. The molecule has 0 unspecified atom stereocenters. The predicted octanol–water partition coefficient (Wildman–Crippen LogP) is 3.00. The summed E-state index contributed by atoms with van der Waals surface area (Å²) in [6.45, 7) is 2.72. The van der Waals surface area contributed by atoms with Crippen LogP contribution in [0.5, 0.6) is 0 Å². The first kappa shape index (κ1) is 18.5. The van der Waals surface area contributed by atoms with Crippen LogP contribution in [0.3, 0.4) is 0 Å². The molecule has 2 aromatic rings. The van der Waals surface area contributed by atoms with E-state index in [0.717, 1.165) is 12.1 Å². The van der Waals surface area contributed by atoms with E-state index in [-0.39, 0.29) is 18.9 Å². The van der Waals surface area contributed by atoms with E-state index in [1.807, 2.05) is 11.0 Å². The minimum atomic E-state index is -0.886. The summed E-state index contributed by atoms with van der Waals surface area (Å²) in [6.07, 6.45) is 0. The van der Waals surface area contributed by atoms with Gasteiger partial charge in [-0.2, -0.15) is 5.26 Å². The quantitative estimate of drug-likeness (QED) is 0.781. The third-order valence-electron chi connectivity index (χ3n) is 4.59. The number of carbonyl (C=O) groups excluding carboxylic acids is 2. The van der Waals surface area contributed by atoms with Gasteiger partial charge in [-0.05, 0) is 37.3 Å². The summed E-state index contributed by atoms with van der Waals surface area (Å²) >= 11 is 0. The number of hydrogen-bond acceptors (Lipinski definition) is 4. The lowest BCUT2D eigenvalue weighted by atomic mass is 10.0. The monoisotopic (exact) mass is 369 g/mol. The van der Waals surface area contributed by atoms with Crippen LogP contribution in [-0.2, 0) is 0 Å². The number of rotatable bonds is 3. The number of Topliss-reactive ketones (excluding diaryl/α,β-unsaturated/α-hetero) is 1. The number of anilines is 1. The predicted molar refractivity (Wildman–Crippen MR) is 95.6 cm³/mol. The number of ketones is 1. The number of nitrogens with zero attached hydrogens (tertiary/aromatic N) is 3. The highest BCUT2D eigenvalue weighted by atomic mass is 19.1. The Bertz CT molecular complexity index is 924. The highest BCUT2D eigenvalue weighted by Crippen LogP contribution is 2.25. The van der Waals surface area contributed by atoms with Gasteiger partial charge in [0.2, 0.25) is 0 Å². The summed E-state index contributed by atoms with van der Waals surface area (Å²) in [6, 6.07) is 10.2. The molecule has 1 amide bonds. The lowest BCUT2D eigenvalue weighted by molar-refractivity contribution is 0.0736. The van der Waals surface area contributed by atoms with Gasteiger partial charge >= 0.3 is 0 Å². The molecule has 2 aromatic carbocycles. The van der Waals surface area contributed by atoms with Gasteiger partial charge in [0.25, 0.3) is 5.91 Å². The summed E-state index contributed by atoms with van der Waals surface area (Å²) in [5.41, 5.74) is 1.00. The van der Waals surface area contributed by atoms with Gasteiger partial charge in [-0.1, -0.05) is 6.07 Å². The van der Waals surface area contributed by atoms with Crippen LogP contribution in [-0.4, -0.2) is 42.8 Å². The molecule has 1 heterocycles. The van der Waals surface area contributed by atoms with Crippen molar-refractivity contribution in [2.45, 2.75) is 6.92 Å². The molecule has 1 aliphatic heterocycles. The largest absolute Gasteiger partial charge is 0.367 e. The third kappa shape index (κ3) is 3.65. The Morgan fingerprint density at radius 2 is 1.67 bits per heavy atom. The van der Waals surface area contributed by atoms with Gasteiger partial charge in [0.15, 0.2) is 5.78 Å². The summed E-state index contributed by atoms with van der Waals surface area (Å²) in [7, 11) is 0. The Labute approximate surface area is 155 Å². The van der Waals surface area contributed by atoms with E-state index in [2.05, 4.69) is 0 Å². The van der Waals surface area contributed by atoms with Crippen LogP contribution in [0.2, 0.25) is 0 Å². The highest BCUT2D eigenvalue weighted by molar-refractivity contribution is 6.00. The Hall–Kier alpha value is -3.27. The zero-order valence-corrected chi connectivity index (χ0v) is 14.7. The maximum Gasteiger partial charge on any atom is 0.259 e. The molecular formula is C20H17F2N3O2. The first-order valence-corrected chi connectivity index (χ1v) is 8.45. The fourth-order valence-electron chi connectivity index (χ4n) is 3.17. The first-order chi connectivity index (χ1) is 12.9. The number of halogens is 2. The molecule has 0 atom stereocenters. The molecule has 7 heteroatoms. The van der Waals surface area contributed by atoms with Gasteiger partial charge in [0.1, 0.15) is 17.2 Å². The van der Waals surface area contributed by atoms with Crippen molar-refractivity contribution in [1.29, 1.82) is 5.26 Å². The zero-order chi connectivity index (χ0) is 19.6. The average Bonchev–Trinajstić information content (AvgIpc) is 2.67. The second-order valence-electron chi connectivity index (χ2n) is 6.28. The number of benzene rings is 2. The van der Waals surface area contributed by atoms with Crippen LogP contribution in [0.15, 0.2) is 36.4 Å². The number of hydrogen-bond donors (Lipinski definition) is 0. The number of piperazine rings is 1. The van der Waals surface area contributed by atoms with Gasteiger partial charge in [-0.3, -0.25) is 9.59 Å². The molecule has 1 aliphatic rings. The SMILES string of the molecule is CC(=O)c1ccc(C#N)cc1N1CCN(C(=O)c2c(F)cccc2F)CC1. The maximum absolute atomic E-state index is 13.9. The molecule has 3 rings (SSSR count). The summed E-state index contributed by atoms with van der Waals surface area (Å²) < 4.78 is 27.7. The van der Waals surface area contributed by atoms with Gasteiger partial charge in [-0.25, -0.2) is 8.78 Å². The van der Waals surface area contributed by atoms with Crippen molar-refractivity contribution in [2.75, 3.05) is 31.1 Å². The van der Waals surface area contributed by atoms with E-state index in [0.29, 0.717) is 29.9 Å². The van der Waals surface area contributed by atoms with Crippen LogP contribution >= 0.6 is 0 Å². The second-order valence-corrected chi connectivity index (χ2v) is 6.28. The van der Waals surface area contributed by atoms with Gasteiger partial charge in [0.05, 0.1) is 11.6 Å². The minimum Gasteiger partial charge on any atom is -0.367 e. The Morgan fingerprint density at radius 3 is 2.22 bits per heavy atom. The Morgan fingerprint density at radius 1 is 1.04 bits per heavy atom. The minimum absolute atomic E-state index is 0.124. The van der Waals surface area contributed by atoms with E-state index in [9.17, 15) is 18.4 Å². The van der Waals surface area contributed by atoms with E-state index in [1.165, 1.54) is 17.9 Å². The van der Waals surface area contributed by atoms with Gasteiger partial charge in [0, 0.05) is 37.4 Å². The molecule has 0 saturated carbocycles. The van der Waals surface area contributed by atoms with E-state index < -0.39 is 23.1 Å². The fourth-order valence-corrected chi connectivity index (χ4v) is 3.17. The molecule has 138 valence electrons. The molecule has 0 aliphatic carbocycles. The average molecular weight is 369 g/mol. The van der Waals surface area contributed by atoms with E-state index >= 15 is 0 Å². The summed E-state index contributed by atoms with van der Waals surface area (Å²) in [5.74, 6) is -2.59. The Balaban J connectivity index is 1.79.